The van der Waals surface area contributed by atoms with Gasteiger partial charge in [0.15, 0.2) is 9.84 Å². The van der Waals surface area contributed by atoms with Gasteiger partial charge in [0.25, 0.3) is 0 Å². The molecule has 1 aromatic carbocycles. The predicted molar refractivity (Wildman–Crippen MR) is 69.9 cm³/mol. The van der Waals surface area contributed by atoms with Crippen LogP contribution in [0.25, 0.3) is 0 Å². The molecule has 0 bridgehead atoms. The molecule has 0 aromatic heterocycles. The van der Waals surface area contributed by atoms with E-state index in [2.05, 4.69) is 0 Å². The Labute approximate surface area is 112 Å². The molecule has 6 heteroatoms. The van der Waals surface area contributed by atoms with Crippen LogP contribution in [0.15, 0.2) is 24.3 Å². The molecule has 0 saturated carbocycles. The fourth-order valence-electron chi connectivity index (χ4n) is 1.48. The fourth-order valence-corrected chi connectivity index (χ4v) is 2.75. The summed E-state index contributed by atoms with van der Waals surface area (Å²) in [6.07, 6.45) is 0.642. The number of carbonyl (C=O) groups excluding carboxylic acids is 1. The third-order valence-corrected chi connectivity index (χ3v) is 3.74. The van der Waals surface area contributed by atoms with Crippen molar-refractivity contribution in [3.63, 3.8) is 0 Å². The van der Waals surface area contributed by atoms with E-state index in [1.807, 2.05) is 13.0 Å². The van der Waals surface area contributed by atoms with Gasteiger partial charge in [-0.15, -0.1) is 0 Å². The van der Waals surface area contributed by atoms with Gasteiger partial charge < -0.3 is 4.74 Å². The molecule has 102 valence electrons. The van der Waals surface area contributed by atoms with E-state index in [1.165, 1.54) is 0 Å². The first kappa shape index (κ1) is 15.2. The van der Waals surface area contributed by atoms with Crippen molar-refractivity contribution in [1.29, 1.82) is 5.26 Å². The molecule has 0 amide bonds. The van der Waals surface area contributed by atoms with Gasteiger partial charge in [-0.3, -0.25) is 4.79 Å². The molecule has 0 fully saturated rings. The second-order valence-electron chi connectivity index (χ2n) is 4.02. The van der Waals surface area contributed by atoms with Crippen LogP contribution in [0.1, 0.15) is 24.5 Å². The largest absolute Gasteiger partial charge is 0.465 e. The van der Waals surface area contributed by atoms with E-state index in [1.54, 1.807) is 24.3 Å². The van der Waals surface area contributed by atoms with Crippen LogP contribution in [0.3, 0.4) is 0 Å². The summed E-state index contributed by atoms with van der Waals surface area (Å²) < 4.78 is 28.4. The number of rotatable bonds is 6. The molecule has 0 aliphatic carbocycles. The standard InChI is InChI=1S/C13H15NO4S/c1-2-7-18-13(15)10-19(16,17)9-12-6-4-3-5-11(12)8-14/h3-6H,2,7,9-10H2,1H3. The van der Waals surface area contributed by atoms with Gasteiger partial charge in [-0.2, -0.15) is 5.26 Å². The molecule has 5 nitrogen and oxygen atoms in total. The fraction of sp³-hybridized carbons (Fsp3) is 0.385. The van der Waals surface area contributed by atoms with E-state index in [0.717, 1.165) is 0 Å². The van der Waals surface area contributed by atoms with Gasteiger partial charge in [-0.05, 0) is 18.1 Å². The number of hydrogen-bond acceptors (Lipinski definition) is 5. The zero-order valence-electron chi connectivity index (χ0n) is 10.6. The van der Waals surface area contributed by atoms with Crippen molar-refractivity contribution < 1.29 is 17.9 Å². The van der Waals surface area contributed by atoms with E-state index >= 15 is 0 Å². The first-order valence-corrected chi connectivity index (χ1v) is 7.64. The van der Waals surface area contributed by atoms with Crippen LogP contribution in [0.5, 0.6) is 0 Å². The summed E-state index contributed by atoms with van der Waals surface area (Å²) in [4.78, 5) is 11.3. The maximum Gasteiger partial charge on any atom is 0.321 e. The summed E-state index contributed by atoms with van der Waals surface area (Å²) in [7, 11) is -3.62. The average molecular weight is 281 g/mol. The number of nitrogens with zero attached hydrogens (tertiary/aromatic N) is 1. The van der Waals surface area contributed by atoms with Crippen molar-refractivity contribution in [2.75, 3.05) is 12.4 Å². The number of carbonyl (C=O) groups is 1. The molecule has 0 atom stereocenters. The lowest BCUT2D eigenvalue weighted by molar-refractivity contribution is -0.140. The van der Waals surface area contributed by atoms with E-state index < -0.39 is 21.6 Å². The van der Waals surface area contributed by atoms with Crippen LogP contribution in [0.2, 0.25) is 0 Å². The molecule has 19 heavy (non-hydrogen) atoms. The van der Waals surface area contributed by atoms with Crippen molar-refractivity contribution in [2.45, 2.75) is 19.1 Å². The van der Waals surface area contributed by atoms with Crippen molar-refractivity contribution >= 4 is 15.8 Å². The SMILES string of the molecule is CCCOC(=O)CS(=O)(=O)Cc1ccccc1C#N. The van der Waals surface area contributed by atoms with Crippen LogP contribution in [-0.4, -0.2) is 26.7 Å². The minimum Gasteiger partial charge on any atom is -0.465 e. The third-order valence-electron chi connectivity index (χ3n) is 2.32. The van der Waals surface area contributed by atoms with Crippen molar-refractivity contribution in [2.24, 2.45) is 0 Å². The highest BCUT2D eigenvalue weighted by Gasteiger charge is 2.19. The number of ether oxygens (including phenoxy) is 1. The van der Waals surface area contributed by atoms with E-state index in [4.69, 9.17) is 10.00 Å². The lowest BCUT2D eigenvalue weighted by Gasteiger charge is -2.06. The molecule has 0 saturated heterocycles. The van der Waals surface area contributed by atoms with Gasteiger partial charge in [0.1, 0.15) is 5.75 Å². The van der Waals surface area contributed by atoms with Gasteiger partial charge >= 0.3 is 5.97 Å². The molecule has 0 radical (unpaired) electrons. The van der Waals surface area contributed by atoms with Crippen molar-refractivity contribution in [3.05, 3.63) is 35.4 Å². The molecule has 1 aromatic rings. The second-order valence-corrected chi connectivity index (χ2v) is 6.09. The van der Waals surface area contributed by atoms with E-state index in [9.17, 15) is 13.2 Å². The zero-order valence-corrected chi connectivity index (χ0v) is 11.4. The summed E-state index contributed by atoms with van der Waals surface area (Å²) >= 11 is 0. The Morgan fingerprint density at radius 1 is 1.37 bits per heavy atom. The van der Waals surface area contributed by atoms with Gasteiger partial charge in [0, 0.05) is 0 Å². The first-order chi connectivity index (χ1) is 8.98. The molecule has 0 heterocycles. The number of hydrogen-bond donors (Lipinski definition) is 0. The number of sulfone groups is 1. The maximum atomic E-state index is 11.8. The quantitative estimate of drug-likeness (QED) is 0.736. The van der Waals surface area contributed by atoms with E-state index in [-0.39, 0.29) is 12.4 Å². The van der Waals surface area contributed by atoms with Crippen LogP contribution in [-0.2, 0) is 25.1 Å². The number of nitriles is 1. The highest BCUT2D eigenvalue weighted by molar-refractivity contribution is 7.91. The second kappa shape index (κ2) is 6.90. The summed E-state index contributed by atoms with van der Waals surface area (Å²) in [6.45, 7) is 2.04. The minimum atomic E-state index is -3.62. The molecular formula is C13H15NO4S. The minimum absolute atomic E-state index is 0.211. The van der Waals surface area contributed by atoms with Crippen molar-refractivity contribution in [3.8, 4) is 6.07 Å². The highest BCUT2D eigenvalue weighted by atomic mass is 32.2. The Balaban J connectivity index is 2.75. The summed E-state index contributed by atoms with van der Waals surface area (Å²) in [5.41, 5.74) is 0.696. The molecule has 0 aliphatic heterocycles. The lowest BCUT2D eigenvalue weighted by Crippen LogP contribution is -2.20. The van der Waals surface area contributed by atoms with Crippen LogP contribution in [0.4, 0.5) is 0 Å². The predicted octanol–water partition coefficient (Wildman–Crippen LogP) is 1.43. The molecule has 0 aliphatic rings. The monoisotopic (exact) mass is 281 g/mol. The van der Waals surface area contributed by atoms with Crippen LogP contribution >= 0.6 is 0 Å². The van der Waals surface area contributed by atoms with Gasteiger partial charge in [0.2, 0.25) is 0 Å². The molecule has 0 spiro atoms. The molecule has 0 unspecified atom stereocenters. The topological polar surface area (TPSA) is 84.2 Å². The number of benzene rings is 1. The van der Waals surface area contributed by atoms with Gasteiger partial charge in [0.05, 0.1) is 24.0 Å². The zero-order chi connectivity index (χ0) is 14.3. The van der Waals surface area contributed by atoms with Crippen LogP contribution in [0, 0.1) is 11.3 Å². The maximum absolute atomic E-state index is 11.8. The van der Waals surface area contributed by atoms with Crippen LogP contribution < -0.4 is 0 Å². The summed E-state index contributed by atoms with van der Waals surface area (Å²) in [5, 5.41) is 8.88. The number of esters is 1. The Morgan fingerprint density at radius 3 is 2.68 bits per heavy atom. The Bertz CT molecular complexity index is 587. The normalized spacial score (nSPS) is 10.7. The van der Waals surface area contributed by atoms with E-state index in [0.29, 0.717) is 17.5 Å². The third kappa shape index (κ3) is 5.10. The van der Waals surface area contributed by atoms with Gasteiger partial charge in [-0.1, -0.05) is 25.1 Å². The molecular weight excluding hydrogens is 266 g/mol. The summed E-state index contributed by atoms with van der Waals surface area (Å²) in [5.74, 6) is -1.75. The molecule has 1 rings (SSSR count). The lowest BCUT2D eigenvalue weighted by atomic mass is 10.1. The Kier molecular flexibility index (Phi) is 5.52. The Morgan fingerprint density at radius 2 is 2.05 bits per heavy atom. The first-order valence-electron chi connectivity index (χ1n) is 5.82. The smallest absolute Gasteiger partial charge is 0.321 e. The Hall–Kier alpha value is -1.87. The average Bonchev–Trinajstić information content (AvgIpc) is 2.36. The van der Waals surface area contributed by atoms with Gasteiger partial charge in [-0.25, -0.2) is 8.42 Å². The summed E-state index contributed by atoms with van der Waals surface area (Å²) in [6, 6.07) is 8.34. The highest BCUT2D eigenvalue weighted by Crippen LogP contribution is 2.12. The van der Waals surface area contributed by atoms with Crippen molar-refractivity contribution in [1.82, 2.24) is 0 Å². The molecule has 0 N–H and O–H groups in total.